The van der Waals surface area contributed by atoms with Crippen molar-refractivity contribution in [3.63, 3.8) is 0 Å². The number of hydrogen-bond donors (Lipinski definition) is 1. The average molecular weight is 316 g/mol. The molecule has 7 heteroatoms. The smallest absolute Gasteiger partial charge is 0.173 e. The zero-order valence-electron chi connectivity index (χ0n) is 13.9. The molecule has 1 aliphatic rings. The Morgan fingerprint density at radius 2 is 1.83 bits per heavy atom. The minimum Gasteiger partial charge on any atom is -0.393 e. The number of pyridine rings is 1. The summed E-state index contributed by atoms with van der Waals surface area (Å²) in [6.07, 6.45) is 4.94. The van der Waals surface area contributed by atoms with Crippen LogP contribution in [-0.2, 0) is 5.54 Å². The van der Waals surface area contributed by atoms with Gasteiger partial charge in [-0.1, -0.05) is 0 Å². The molecule has 0 radical (unpaired) electrons. The van der Waals surface area contributed by atoms with Crippen molar-refractivity contribution in [1.82, 2.24) is 30.1 Å². The third-order valence-electron chi connectivity index (χ3n) is 4.26. The fraction of sp³-hybridized carbons (Fsp3) is 0.625. The van der Waals surface area contributed by atoms with Crippen LogP contribution in [0.4, 0.5) is 0 Å². The Hall–Kier alpha value is -1.86. The molecular formula is C16H24N6O. The van der Waals surface area contributed by atoms with Gasteiger partial charge in [0.1, 0.15) is 0 Å². The summed E-state index contributed by atoms with van der Waals surface area (Å²) in [5, 5.41) is 22.3. The number of tetrazole rings is 1. The number of piperidine rings is 1. The Balaban J connectivity index is 2.01. The Kier molecular flexibility index (Phi) is 4.41. The van der Waals surface area contributed by atoms with E-state index < -0.39 is 0 Å². The molecule has 2 aromatic rings. The highest BCUT2D eigenvalue weighted by Gasteiger charge is 2.33. The van der Waals surface area contributed by atoms with Crippen molar-refractivity contribution in [2.45, 2.75) is 51.3 Å². The summed E-state index contributed by atoms with van der Waals surface area (Å²) in [7, 11) is 0. The second-order valence-corrected chi connectivity index (χ2v) is 7.07. The molecule has 1 N–H and O–H groups in total. The Morgan fingerprint density at radius 3 is 2.43 bits per heavy atom. The van der Waals surface area contributed by atoms with E-state index in [0.29, 0.717) is 0 Å². The van der Waals surface area contributed by atoms with Gasteiger partial charge in [-0.3, -0.25) is 9.88 Å². The second kappa shape index (κ2) is 6.33. The molecule has 0 spiro atoms. The van der Waals surface area contributed by atoms with E-state index >= 15 is 0 Å². The highest BCUT2D eigenvalue weighted by atomic mass is 16.3. The van der Waals surface area contributed by atoms with Gasteiger partial charge in [-0.25, -0.2) is 4.68 Å². The summed E-state index contributed by atoms with van der Waals surface area (Å²) in [5.41, 5.74) is 0.927. The first kappa shape index (κ1) is 16.0. The fourth-order valence-corrected chi connectivity index (χ4v) is 3.06. The summed E-state index contributed by atoms with van der Waals surface area (Å²) in [6.45, 7) is 7.93. The molecule has 0 saturated carbocycles. The molecule has 0 aliphatic carbocycles. The van der Waals surface area contributed by atoms with Crippen molar-refractivity contribution >= 4 is 0 Å². The number of hydrogen-bond acceptors (Lipinski definition) is 6. The molecule has 0 amide bonds. The molecule has 1 atom stereocenters. The molecule has 23 heavy (non-hydrogen) atoms. The van der Waals surface area contributed by atoms with Gasteiger partial charge in [0.25, 0.3) is 0 Å². The van der Waals surface area contributed by atoms with E-state index in [1.807, 2.05) is 16.8 Å². The normalized spacial score (nSPS) is 19.0. The van der Waals surface area contributed by atoms with E-state index in [9.17, 15) is 5.11 Å². The zero-order valence-corrected chi connectivity index (χ0v) is 13.9. The Morgan fingerprint density at radius 1 is 1.17 bits per heavy atom. The van der Waals surface area contributed by atoms with Crippen LogP contribution in [0.3, 0.4) is 0 Å². The Bertz CT molecular complexity index is 628. The highest BCUT2D eigenvalue weighted by molar-refractivity contribution is 5.23. The van der Waals surface area contributed by atoms with E-state index in [-0.39, 0.29) is 17.7 Å². The minimum absolute atomic E-state index is 0.0280. The van der Waals surface area contributed by atoms with Gasteiger partial charge >= 0.3 is 0 Å². The molecule has 0 unspecified atom stereocenters. The van der Waals surface area contributed by atoms with Crippen LogP contribution < -0.4 is 0 Å². The van der Waals surface area contributed by atoms with E-state index in [1.165, 1.54) is 0 Å². The van der Waals surface area contributed by atoms with E-state index in [0.717, 1.165) is 37.3 Å². The topological polar surface area (TPSA) is 80.0 Å². The maximum absolute atomic E-state index is 9.81. The quantitative estimate of drug-likeness (QED) is 0.921. The molecule has 3 heterocycles. The van der Waals surface area contributed by atoms with Gasteiger partial charge in [0, 0.05) is 25.5 Å². The van der Waals surface area contributed by atoms with E-state index in [2.05, 4.69) is 46.2 Å². The summed E-state index contributed by atoms with van der Waals surface area (Å²) >= 11 is 0. The predicted octanol–water partition coefficient (Wildman–Crippen LogP) is 1.37. The lowest BCUT2D eigenvalue weighted by Crippen LogP contribution is -2.41. The Labute approximate surface area is 136 Å². The minimum atomic E-state index is -0.206. The van der Waals surface area contributed by atoms with E-state index in [1.54, 1.807) is 12.4 Å². The summed E-state index contributed by atoms with van der Waals surface area (Å²) in [6, 6.07) is 3.99. The molecular weight excluding hydrogens is 292 g/mol. The SMILES string of the molecule is CC(C)(C)n1nnnc1[C@H](c1ccncc1)N1CCC(O)CC1. The number of rotatable bonds is 3. The van der Waals surface area contributed by atoms with Gasteiger partial charge in [-0.05, 0) is 61.7 Å². The van der Waals surface area contributed by atoms with Crippen molar-refractivity contribution in [2.75, 3.05) is 13.1 Å². The zero-order chi connectivity index (χ0) is 16.4. The van der Waals surface area contributed by atoms with Crippen molar-refractivity contribution in [2.24, 2.45) is 0 Å². The number of aliphatic hydroxyl groups excluding tert-OH is 1. The van der Waals surface area contributed by atoms with E-state index in [4.69, 9.17) is 0 Å². The van der Waals surface area contributed by atoms with Crippen LogP contribution in [0.2, 0.25) is 0 Å². The third kappa shape index (κ3) is 3.40. The second-order valence-electron chi connectivity index (χ2n) is 7.07. The summed E-state index contributed by atoms with van der Waals surface area (Å²) < 4.78 is 1.89. The molecule has 2 aromatic heterocycles. The third-order valence-corrected chi connectivity index (χ3v) is 4.26. The van der Waals surface area contributed by atoms with Gasteiger partial charge in [0.15, 0.2) is 5.82 Å². The largest absolute Gasteiger partial charge is 0.393 e. The van der Waals surface area contributed by atoms with Crippen molar-refractivity contribution < 1.29 is 5.11 Å². The van der Waals surface area contributed by atoms with Crippen molar-refractivity contribution in [3.8, 4) is 0 Å². The van der Waals surface area contributed by atoms with Crippen LogP contribution in [0.15, 0.2) is 24.5 Å². The lowest BCUT2D eigenvalue weighted by molar-refractivity contribution is 0.0649. The molecule has 1 saturated heterocycles. The lowest BCUT2D eigenvalue weighted by atomic mass is 9.99. The first-order valence-electron chi connectivity index (χ1n) is 8.07. The number of likely N-dealkylation sites (tertiary alicyclic amines) is 1. The number of aliphatic hydroxyl groups is 1. The van der Waals surface area contributed by atoms with Crippen LogP contribution >= 0.6 is 0 Å². The van der Waals surface area contributed by atoms with Crippen LogP contribution in [0, 0.1) is 0 Å². The molecule has 1 fully saturated rings. The van der Waals surface area contributed by atoms with Crippen LogP contribution in [-0.4, -0.2) is 54.4 Å². The standard InChI is InChI=1S/C16H24N6O/c1-16(2,3)22-15(18-19-20-22)14(12-4-8-17-9-5-12)21-10-6-13(23)7-11-21/h4-5,8-9,13-14,23H,6-7,10-11H2,1-3H3/t14-/m0/s1. The molecule has 3 rings (SSSR count). The average Bonchev–Trinajstić information content (AvgIpc) is 3.00. The van der Waals surface area contributed by atoms with Gasteiger partial charge < -0.3 is 5.11 Å². The molecule has 1 aliphatic heterocycles. The van der Waals surface area contributed by atoms with Gasteiger partial charge in [-0.15, -0.1) is 5.10 Å². The summed E-state index contributed by atoms with van der Waals surface area (Å²) in [4.78, 5) is 6.46. The van der Waals surface area contributed by atoms with Crippen LogP contribution in [0.25, 0.3) is 0 Å². The van der Waals surface area contributed by atoms with Crippen molar-refractivity contribution in [3.05, 3.63) is 35.9 Å². The first-order valence-corrected chi connectivity index (χ1v) is 8.07. The van der Waals surface area contributed by atoms with Gasteiger partial charge in [0.2, 0.25) is 0 Å². The predicted molar refractivity (Wildman–Crippen MR) is 85.7 cm³/mol. The van der Waals surface area contributed by atoms with Gasteiger partial charge in [0.05, 0.1) is 17.7 Å². The maximum atomic E-state index is 9.81. The molecule has 124 valence electrons. The molecule has 0 bridgehead atoms. The number of aromatic nitrogens is 5. The highest BCUT2D eigenvalue weighted by Crippen LogP contribution is 2.31. The molecule has 7 nitrogen and oxygen atoms in total. The molecule has 0 aromatic carbocycles. The lowest BCUT2D eigenvalue weighted by Gasteiger charge is -2.36. The fourth-order valence-electron chi connectivity index (χ4n) is 3.06. The summed E-state index contributed by atoms with van der Waals surface area (Å²) in [5.74, 6) is 0.833. The van der Waals surface area contributed by atoms with Crippen molar-refractivity contribution in [1.29, 1.82) is 0 Å². The van der Waals surface area contributed by atoms with Gasteiger partial charge in [-0.2, -0.15) is 0 Å². The first-order chi connectivity index (χ1) is 11.0. The maximum Gasteiger partial charge on any atom is 0.173 e. The number of nitrogens with zero attached hydrogens (tertiary/aromatic N) is 6. The monoisotopic (exact) mass is 316 g/mol. The van der Waals surface area contributed by atoms with Crippen LogP contribution in [0.1, 0.15) is 51.0 Å². The van der Waals surface area contributed by atoms with Crippen LogP contribution in [0.5, 0.6) is 0 Å².